The molecule has 0 aliphatic carbocycles. The number of ether oxygens (including phenoxy) is 1. The summed E-state index contributed by atoms with van der Waals surface area (Å²) in [5.41, 5.74) is 0.0142. The van der Waals surface area contributed by atoms with Crippen LogP contribution in [0.1, 0.15) is 19.4 Å². The molecule has 1 aliphatic rings. The number of benzene rings is 1. The van der Waals surface area contributed by atoms with Crippen molar-refractivity contribution in [1.82, 2.24) is 0 Å². The Morgan fingerprint density at radius 1 is 1.29 bits per heavy atom. The molecule has 0 bridgehead atoms. The SMILES string of the molecule is CC1C(C#N)C(=C(C#N)C#N)OC1(C)c1cccc(Br)c1. The highest BCUT2D eigenvalue weighted by Crippen LogP contribution is 2.49. The summed E-state index contributed by atoms with van der Waals surface area (Å²) in [5.74, 6) is -0.607. The van der Waals surface area contributed by atoms with Crippen molar-refractivity contribution in [1.29, 1.82) is 15.8 Å². The lowest BCUT2D eigenvalue weighted by molar-refractivity contribution is 0.0244. The molecule has 2 rings (SSSR count). The zero-order valence-electron chi connectivity index (χ0n) is 11.6. The van der Waals surface area contributed by atoms with Gasteiger partial charge in [-0.15, -0.1) is 0 Å². The van der Waals surface area contributed by atoms with Crippen LogP contribution in [0.15, 0.2) is 40.1 Å². The van der Waals surface area contributed by atoms with Crippen molar-refractivity contribution in [2.45, 2.75) is 19.4 Å². The molecule has 1 aliphatic heterocycles. The van der Waals surface area contributed by atoms with E-state index in [2.05, 4.69) is 22.0 Å². The lowest BCUT2D eigenvalue weighted by Gasteiger charge is -2.29. The first kappa shape index (κ1) is 15.1. The van der Waals surface area contributed by atoms with Gasteiger partial charge in [-0.3, -0.25) is 0 Å². The van der Waals surface area contributed by atoms with Crippen LogP contribution in [-0.2, 0) is 10.3 Å². The van der Waals surface area contributed by atoms with E-state index in [-0.39, 0.29) is 17.3 Å². The molecule has 3 atom stereocenters. The fourth-order valence-electron chi connectivity index (χ4n) is 2.56. The first-order valence-corrected chi connectivity index (χ1v) is 7.16. The molecule has 0 aromatic heterocycles. The van der Waals surface area contributed by atoms with Crippen molar-refractivity contribution < 1.29 is 4.74 Å². The fourth-order valence-corrected chi connectivity index (χ4v) is 2.96. The molecule has 1 aromatic rings. The Morgan fingerprint density at radius 3 is 2.48 bits per heavy atom. The number of hydrogen-bond donors (Lipinski definition) is 0. The fraction of sp³-hybridized carbons (Fsp3) is 0.312. The Hall–Kier alpha value is -2.29. The molecule has 0 N–H and O–H groups in total. The summed E-state index contributed by atoms with van der Waals surface area (Å²) in [7, 11) is 0. The van der Waals surface area contributed by atoms with Gasteiger partial charge in [0.25, 0.3) is 0 Å². The van der Waals surface area contributed by atoms with Gasteiger partial charge >= 0.3 is 0 Å². The number of allylic oxidation sites excluding steroid dienone is 2. The third-order valence-corrected chi connectivity index (χ3v) is 4.47. The van der Waals surface area contributed by atoms with Gasteiger partial charge in [-0.1, -0.05) is 35.0 Å². The van der Waals surface area contributed by atoms with Crippen LogP contribution in [-0.4, -0.2) is 0 Å². The average molecular weight is 342 g/mol. The van der Waals surface area contributed by atoms with Gasteiger partial charge < -0.3 is 4.74 Å². The lowest BCUT2D eigenvalue weighted by atomic mass is 9.79. The maximum absolute atomic E-state index is 9.39. The van der Waals surface area contributed by atoms with Gasteiger partial charge in [0.2, 0.25) is 0 Å². The quantitative estimate of drug-likeness (QED) is 0.728. The van der Waals surface area contributed by atoms with Crippen molar-refractivity contribution in [3.05, 3.63) is 45.6 Å². The average Bonchev–Trinajstić information content (AvgIpc) is 2.73. The Morgan fingerprint density at radius 2 is 1.95 bits per heavy atom. The van der Waals surface area contributed by atoms with Crippen LogP contribution in [0.2, 0.25) is 0 Å². The Kier molecular flexibility index (Phi) is 4.03. The van der Waals surface area contributed by atoms with Crippen molar-refractivity contribution >= 4 is 15.9 Å². The van der Waals surface area contributed by atoms with E-state index in [4.69, 9.17) is 15.3 Å². The first-order chi connectivity index (χ1) is 9.97. The molecule has 4 nitrogen and oxygen atoms in total. The van der Waals surface area contributed by atoms with Gasteiger partial charge in [-0.25, -0.2) is 0 Å². The standard InChI is InChI=1S/C16H12BrN3O/c1-10-14(9-20)15(11(7-18)8-19)21-16(10,2)12-4-3-5-13(17)6-12/h3-6,10,14H,1-2H3. The minimum absolute atomic E-state index is 0.132. The van der Waals surface area contributed by atoms with Crippen LogP contribution >= 0.6 is 15.9 Å². The third kappa shape index (κ3) is 2.40. The van der Waals surface area contributed by atoms with E-state index in [1.165, 1.54) is 0 Å². The van der Waals surface area contributed by atoms with Crippen LogP contribution in [0, 0.1) is 45.8 Å². The number of halogens is 1. The molecular formula is C16H12BrN3O. The second-order valence-electron chi connectivity index (χ2n) is 5.08. The van der Waals surface area contributed by atoms with E-state index in [0.29, 0.717) is 0 Å². The largest absolute Gasteiger partial charge is 0.483 e. The van der Waals surface area contributed by atoms with Crippen LogP contribution < -0.4 is 0 Å². The molecule has 104 valence electrons. The van der Waals surface area contributed by atoms with Gasteiger partial charge in [0.1, 0.15) is 29.4 Å². The summed E-state index contributed by atoms with van der Waals surface area (Å²) in [5, 5.41) is 27.5. The Labute approximate surface area is 132 Å². The predicted octanol–water partition coefficient (Wildman–Crippen LogP) is 3.77. The molecule has 1 saturated heterocycles. The molecule has 1 heterocycles. The van der Waals surface area contributed by atoms with Crippen molar-refractivity contribution in [3.8, 4) is 18.2 Å². The Balaban J connectivity index is 2.59. The summed E-state index contributed by atoms with van der Waals surface area (Å²) in [6.07, 6.45) is 0. The summed E-state index contributed by atoms with van der Waals surface area (Å²) in [6, 6.07) is 13.4. The van der Waals surface area contributed by atoms with Crippen molar-refractivity contribution in [2.24, 2.45) is 11.8 Å². The van der Waals surface area contributed by atoms with Gasteiger partial charge in [-0.2, -0.15) is 15.8 Å². The van der Waals surface area contributed by atoms with Crippen LogP contribution in [0.25, 0.3) is 0 Å². The third-order valence-electron chi connectivity index (χ3n) is 3.98. The maximum atomic E-state index is 9.39. The second kappa shape index (κ2) is 5.60. The molecular weight excluding hydrogens is 330 g/mol. The zero-order valence-corrected chi connectivity index (χ0v) is 13.2. The summed E-state index contributed by atoms with van der Waals surface area (Å²) >= 11 is 3.42. The van der Waals surface area contributed by atoms with Crippen LogP contribution in [0.5, 0.6) is 0 Å². The minimum Gasteiger partial charge on any atom is -0.483 e. The van der Waals surface area contributed by atoms with E-state index in [1.54, 1.807) is 0 Å². The van der Waals surface area contributed by atoms with E-state index in [0.717, 1.165) is 10.0 Å². The molecule has 1 aromatic carbocycles. The van der Waals surface area contributed by atoms with E-state index >= 15 is 0 Å². The normalized spacial score (nSPS) is 27.1. The lowest BCUT2D eigenvalue weighted by Crippen LogP contribution is -2.28. The highest BCUT2D eigenvalue weighted by Gasteiger charge is 2.50. The maximum Gasteiger partial charge on any atom is 0.168 e. The predicted molar refractivity (Wildman–Crippen MR) is 79.1 cm³/mol. The molecule has 0 radical (unpaired) electrons. The van der Waals surface area contributed by atoms with Crippen molar-refractivity contribution in [2.75, 3.05) is 0 Å². The molecule has 0 amide bonds. The van der Waals surface area contributed by atoms with E-state index in [9.17, 15) is 5.26 Å². The molecule has 0 spiro atoms. The van der Waals surface area contributed by atoms with E-state index in [1.807, 2.05) is 50.3 Å². The van der Waals surface area contributed by atoms with Crippen LogP contribution in [0.4, 0.5) is 0 Å². The number of nitrogens with zero attached hydrogens (tertiary/aromatic N) is 3. The highest BCUT2D eigenvalue weighted by atomic mass is 79.9. The number of rotatable bonds is 1. The van der Waals surface area contributed by atoms with Gasteiger partial charge in [-0.05, 0) is 24.6 Å². The highest BCUT2D eigenvalue weighted by molar-refractivity contribution is 9.10. The Bertz CT molecular complexity index is 719. The first-order valence-electron chi connectivity index (χ1n) is 6.37. The topological polar surface area (TPSA) is 80.6 Å². The van der Waals surface area contributed by atoms with Gasteiger partial charge in [0.05, 0.1) is 6.07 Å². The molecule has 0 saturated carbocycles. The minimum atomic E-state index is -0.752. The molecule has 3 unspecified atom stereocenters. The number of nitriles is 3. The molecule has 21 heavy (non-hydrogen) atoms. The second-order valence-corrected chi connectivity index (χ2v) is 5.99. The summed E-state index contributed by atoms with van der Waals surface area (Å²) in [4.78, 5) is 0. The van der Waals surface area contributed by atoms with E-state index < -0.39 is 11.5 Å². The molecule has 5 heteroatoms. The smallest absolute Gasteiger partial charge is 0.168 e. The van der Waals surface area contributed by atoms with Crippen molar-refractivity contribution in [3.63, 3.8) is 0 Å². The zero-order chi connectivity index (χ0) is 15.6. The van der Waals surface area contributed by atoms with Crippen LogP contribution in [0.3, 0.4) is 0 Å². The van der Waals surface area contributed by atoms with Gasteiger partial charge in [0, 0.05) is 10.4 Å². The summed E-state index contributed by atoms with van der Waals surface area (Å²) < 4.78 is 6.85. The molecule has 1 fully saturated rings. The number of hydrogen-bond acceptors (Lipinski definition) is 4. The van der Waals surface area contributed by atoms with Gasteiger partial charge in [0.15, 0.2) is 5.57 Å². The summed E-state index contributed by atoms with van der Waals surface area (Å²) in [6.45, 7) is 3.78. The monoisotopic (exact) mass is 341 g/mol.